The van der Waals surface area contributed by atoms with Crippen molar-refractivity contribution in [3.05, 3.63) is 88.5 Å². The van der Waals surface area contributed by atoms with Crippen molar-refractivity contribution in [3.63, 3.8) is 0 Å². The van der Waals surface area contributed by atoms with Gasteiger partial charge in [0.25, 0.3) is 5.91 Å². The van der Waals surface area contributed by atoms with Gasteiger partial charge in [-0.2, -0.15) is 5.26 Å². The van der Waals surface area contributed by atoms with Crippen molar-refractivity contribution in [1.29, 1.82) is 5.26 Å². The molecule has 3 heterocycles. The number of piperidine rings is 1. The Morgan fingerprint density at radius 1 is 1.08 bits per heavy atom. The summed E-state index contributed by atoms with van der Waals surface area (Å²) in [6.45, 7) is 4.34. The number of likely N-dealkylation sites (tertiary alicyclic amines) is 1. The van der Waals surface area contributed by atoms with Gasteiger partial charge in [0, 0.05) is 43.5 Å². The van der Waals surface area contributed by atoms with Crippen LogP contribution < -0.4 is 5.32 Å². The summed E-state index contributed by atoms with van der Waals surface area (Å²) in [5.74, 6) is 0.502. The van der Waals surface area contributed by atoms with E-state index in [4.69, 9.17) is 14.2 Å². The van der Waals surface area contributed by atoms with Crippen LogP contribution in [0.1, 0.15) is 56.3 Å². The van der Waals surface area contributed by atoms with E-state index in [1.165, 1.54) is 5.56 Å². The molecule has 8 heteroatoms. The highest BCUT2D eigenvalue weighted by molar-refractivity contribution is 5.98. The van der Waals surface area contributed by atoms with E-state index in [0.717, 1.165) is 43.4 Å². The standard InChI is InChI=1S/C28H26N4O4/c1-18-12-24(31-36-18)25(33)14-21-6-7-26-22(13-21)15-27(35-26)28(34)30-23-8-10-32(11-9-23)17-20-4-2-19(16-29)3-5-20/h2-7,12-13,15,23H,8-11,14,17H2,1H3,(H,30,34). The van der Waals surface area contributed by atoms with E-state index in [9.17, 15) is 9.59 Å². The molecular formula is C28H26N4O4. The molecule has 0 radical (unpaired) electrons. The quantitative estimate of drug-likeness (QED) is 0.388. The molecule has 1 fully saturated rings. The maximum Gasteiger partial charge on any atom is 0.287 e. The van der Waals surface area contributed by atoms with E-state index in [1.807, 2.05) is 36.4 Å². The fourth-order valence-electron chi connectivity index (χ4n) is 4.52. The zero-order valence-electron chi connectivity index (χ0n) is 20.0. The number of hydrogen-bond donors (Lipinski definition) is 1. The number of nitrogens with zero attached hydrogens (tertiary/aromatic N) is 3. The summed E-state index contributed by atoms with van der Waals surface area (Å²) < 4.78 is 10.8. The summed E-state index contributed by atoms with van der Waals surface area (Å²) in [6, 6.07) is 18.7. The minimum Gasteiger partial charge on any atom is -0.451 e. The van der Waals surface area contributed by atoms with E-state index in [2.05, 4.69) is 21.4 Å². The Balaban J connectivity index is 1.15. The third kappa shape index (κ3) is 5.37. The molecule has 0 bridgehead atoms. The number of aryl methyl sites for hydroxylation is 1. The fourth-order valence-corrected chi connectivity index (χ4v) is 4.52. The first-order valence-corrected chi connectivity index (χ1v) is 12.0. The number of amides is 1. The summed E-state index contributed by atoms with van der Waals surface area (Å²) in [5, 5.41) is 16.6. The number of fused-ring (bicyclic) bond motifs is 1. The zero-order chi connectivity index (χ0) is 25.1. The molecule has 1 aliphatic heterocycles. The number of aromatic nitrogens is 1. The number of nitriles is 1. The van der Waals surface area contributed by atoms with E-state index < -0.39 is 0 Å². The van der Waals surface area contributed by atoms with E-state index in [1.54, 1.807) is 25.1 Å². The van der Waals surface area contributed by atoms with Gasteiger partial charge in [0.2, 0.25) is 0 Å². The van der Waals surface area contributed by atoms with Gasteiger partial charge < -0.3 is 14.3 Å². The maximum atomic E-state index is 12.8. The predicted octanol–water partition coefficient (Wildman–Crippen LogP) is 4.42. The first kappa shape index (κ1) is 23.5. The molecular weight excluding hydrogens is 456 g/mol. The Kier molecular flexibility index (Phi) is 6.65. The predicted molar refractivity (Wildman–Crippen MR) is 132 cm³/mol. The first-order valence-electron chi connectivity index (χ1n) is 12.0. The molecule has 0 saturated carbocycles. The Labute approximate surface area is 208 Å². The van der Waals surface area contributed by atoms with Gasteiger partial charge in [-0.25, -0.2) is 0 Å². The number of furan rings is 1. The number of rotatable bonds is 7. The number of carbonyl (C=O) groups excluding carboxylic acids is 2. The summed E-state index contributed by atoms with van der Waals surface area (Å²) >= 11 is 0. The Hall–Kier alpha value is -4.22. The van der Waals surface area contributed by atoms with Gasteiger partial charge in [-0.05, 0) is 61.2 Å². The lowest BCUT2D eigenvalue weighted by molar-refractivity contribution is 0.0882. The molecule has 0 unspecified atom stereocenters. The van der Waals surface area contributed by atoms with Crippen molar-refractivity contribution < 1.29 is 18.5 Å². The van der Waals surface area contributed by atoms with Crippen LogP contribution in [0, 0.1) is 18.3 Å². The molecule has 1 saturated heterocycles. The van der Waals surface area contributed by atoms with Crippen LogP contribution in [-0.4, -0.2) is 40.9 Å². The lowest BCUT2D eigenvalue weighted by atomic mass is 10.0. The zero-order valence-corrected chi connectivity index (χ0v) is 20.0. The van der Waals surface area contributed by atoms with Gasteiger partial charge in [0.15, 0.2) is 11.5 Å². The number of benzene rings is 2. The van der Waals surface area contributed by atoms with Gasteiger partial charge >= 0.3 is 0 Å². The largest absolute Gasteiger partial charge is 0.451 e. The highest BCUT2D eigenvalue weighted by atomic mass is 16.5. The third-order valence-electron chi connectivity index (χ3n) is 6.49. The summed E-state index contributed by atoms with van der Waals surface area (Å²) in [6.07, 6.45) is 1.90. The van der Waals surface area contributed by atoms with Crippen LogP contribution in [0.2, 0.25) is 0 Å². The summed E-state index contributed by atoms with van der Waals surface area (Å²) in [7, 11) is 0. The smallest absolute Gasteiger partial charge is 0.287 e. The van der Waals surface area contributed by atoms with Gasteiger partial charge in [-0.15, -0.1) is 0 Å². The van der Waals surface area contributed by atoms with E-state index in [0.29, 0.717) is 22.6 Å². The van der Waals surface area contributed by atoms with Crippen LogP contribution in [0.25, 0.3) is 11.0 Å². The second-order valence-electron chi connectivity index (χ2n) is 9.24. The molecule has 1 N–H and O–H groups in total. The van der Waals surface area contributed by atoms with Gasteiger partial charge in [0.05, 0.1) is 11.6 Å². The van der Waals surface area contributed by atoms with Crippen molar-refractivity contribution in [3.8, 4) is 6.07 Å². The number of carbonyl (C=O) groups is 2. The monoisotopic (exact) mass is 482 g/mol. The normalized spacial score (nSPS) is 14.6. The molecule has 0 atom stereocenters. The molecule has 5 rings (SSSR count). The fraction of sp³-hybridized carbons (Fsp3) is 0.286. The van der Waals surface area contributed by atoms with Crippen LogP contribution in [0.3, 0.4) is 0 Å². The minimum absolute atomic E-state index is 0.0852. The average molecular weight is 483 g/mol. The van der Waals surface area contributed by atoms with Crippen molar-refractivity contribution in [2.24, 2.45) is 0 Å². The van der Waals surface area contributed by atoms with Crippen molar-refractivity contribution in [2.45, 2.75) is 38.8 Å². The van der Waals surface area contributed by atoms with Crippen LogP contribution in [0.15, 0.2) is 63.5 Å². The molecule has 182 valence electrons. The Morgan fingerprint density at radius 3 is 2.53 bits per heavy atom. The number of ketones is 1. The number of Topliss-reactive ketones (excluding diaryl/α,β-unsaturated/α-hetero) is 1. The second kappa shape index (κ2) is 10.2. The third-order valence-corrected chi connectivity index (χ3v) is 6.49. The molecule has 0 spiro atoms. The van der Waals surface area contributed by atoms with Crippen LogP contribution >= 0.6 is 0 Å². The molecule has 0 aliphatic carbocycles. The topological polar surface area (TPSA) is 112 Å². The summed E-state index contributed by atoms with van der Waals surface area (Å²) in [4.78, 5) is 27.6. The molecule has 8 nitrogen and oxygen atoms in total. The maximum absolute atomic E-state index is 12.8. The van der Waals surface area contributed by atoms with Crippen molar-refractivity contribution in [2.75, 3.05) is 13.1 Å². The second-order valence-corrected chi connectivity index (χ2v) is 9.24. The van der Waals surface area contributed by atoms with Crippen molar-refractivity contribution in [1.82, 2.24) is 15.4 Å². The Bertz CT molecular complexity index is 1440. The molecule has 1 aliphatic rings. The lowest BCUT2D eigenvalue weighted by Gasteiger charge is -2.32. The molecule has 2 aromatic carbocycles. The van der Waals surface area contributed by atoms with Gasteiger partial charge in [-0.3, -0.25) is 14.5 Å². The van der Waals surface area contributed by atoms with Crippen LogP contribution in [0.5, 0.6) is 0 Å². The highest BCUT2D eigenvalue weighted by Gasteiger charge is 2.23. The SMILES string of the molecule is Cc1cc(C(=O)Cc2ccc3oc(C(=O)NC4CCN(Cc5ccc(C#N)cc5)CC4)cc3c2)no1. The number of hydrogen-bond acceptors (Lipinski definition) is 7. The highest BCUT2D eigenvalue weighted by Crippen LogP contribution is 2.23. The molecule has 4 aromatic rings. The lowest BCUT2D eigenvalue weighted by Crippen LogP contribution is -2.44. The van der Waals surface area contributed by atoms with Gasteiger partial charge in [0.1, 0.15) is 17.0 Å². The number of nitrogens with one attached hydrogen (secondary N) is 1. The minimum atomic E-state index is -0.229. The first-order chi connectivity index (χ1) is 17.5. The van der Waals surface area contributed by atoms with Crippen LogP contribution in [-0.2, 0) is 13.0 Å². The average Bonchev–Trinajstić information content (AvgIpc) is 3.52. The molecule has 2 aromatic heterocycles. The molecule has 1 amide bonds. The van der Waals surface area contributed by atoms with E-state index >= 15 is 0 Å². The van der Waals surface area contributed by atoms with Crippen molar-refractivity contribution >= 4 is 22.7 Å². The van der Waals surface area contributed by atoms with E-state index in [-0.39, 0.29) is 29.9 Å². The van der Waals surface area contributed by atoms with Crippen LogP contribution in [0.4, 0.5) is 0 Å². The molecule has 36 heavy (non-hydrogen) atoms. The summed E-state index contributed by atoms with van der Waals surface area (Å²) in [5.41, 5.74) is 3.57. The Morgan fingerprint density at radius 2 is 1.83 bits per heavy atom. The van der Waals surface area contributed by atoms with Gasteiger partial charge in [-0.1, -0.05) is 23.4 Å².